The van der Waals surface area contributed by atoms with Crippen LogP contribution >= 0.6 is 11.6 Å². The van der Waals surface area contributed by atoms with Crippen LogP contribution in [0.2, 0.25) is 0 Å². The van der Waals surface area contributed by atoms with Crippen LogP contribution in [0, 0.1) is 5.92 Å². The van der Waals surface area contributed by atoms with Crippen molar-refractivity contribution in [2.24, 2.45) is 5.92 Å². The third kappa shape index (κ3) is 2.38. The number of nitrogens with zero attached hydrogens (tertiary/aromatic N) is 1. The smallest absolute Gasteiger partial charge is 0.0263 e. The Labute approximate surface area is 86.4 Å². The molecule has 0 bridgehead atoms. The molecule has 0 amide bonds. The van der Waals surface area contributed by atoms with Crippen LogP contribution in [0.25, 0.3) is 0 Å². The molecule has 76 valence electrons. The van der Waals surface area contributed by atoms with Gasteiger partial charge in [0.25, 0.3) is 0 Å². The summed E-state index contributed by atoms with van der Waals surface area (Å²) in [4.78, 5) is 2.70. The molecule has 1 atom stereocenters. The van der Waals surface area contributed by atoms with Crippen LogP contribution in [0.3, 0.4) is 0 Å². The van der Waals surface area contributed by atoms with E-state index in [2.05, 4.69) is 4.90 Å². The van der Waals surface area contributed by atoms with Crippen LogP contribution in [0.15, 0.2) is 0 Å². The Bertz CT molecular complexity index is 154. The molecule has 0 radical (unpaired) electrons. The molecular weight excluding hydrogens is 182 g/mol. The van der Waals surface area contributed by atoms with Crippen LogP contribution in [-0.2, 0) is 0 Å². The van der Waals surface area contributed by atoms with Crippen LogP contribution < -0.4 is 0 Å². The summed E-state index contributed by atoms with van der Waals surface area (Å²) >= 11 is 5.93. The van der Waals surface area contributed by atoms with Crippen molar-refractivity contribution in [3.63, 3.8) is 0 Å². The number of hydrogen-bond donors (Lipinski definition) is 0. The molecule has 2 aliphatic rings. The molecule has 0 aromatic heterocycles. The van der Waals surface area contributed by atoms with Gasteiger partial charge in [0, 0.05) is 18.5 Å². The fraction of sp³-hybridized carbons (Fsp3) is 1.00. The fourth-order valence-corrected chi connectivity index (χ4v) is 3.08. The van der Waals surface area contributed by atoms with Crippen LogP contribution in [0.5, 0.6) is 0 Å². The summed E-state index contributed by atoms with van der Waals surface area (Å²) in [5.41, 5.74) is 0. The molecule has 2 rings (SSSR count). The number of halogens is 1. The molecule has 0 aromatic rings. The lowest BCUT2D eigenvalue weighted by molar-refractivity contribution is 0.133. The van der Waals surface area contributed by atoms with Crippen molar-refractivity contribution in [1.29, 1.82) is 0 Å². The van der Waals surface area contributed by atoms with Gasteiger partial charge in [-0.05, 0) is 38.1 Å². The van der Waals surface area contributed by atoms with Crippen molar-refractivity contribution in [3.8, 4) is 0 Å². The third-order valence-corrected chi connectivity index (χ3v) is 4.05. The lowest BCUT2D eigenvalue weighted by atomic mass is 9.98. The Morgan fingerprint density at radius 3 is 2.54 bits per heavy atom. The van der Waals surface area contributed by atoms with Gasteiger partial charge in [-0.15, -0.1) is 11.6 Å². The highest BCUT2D eigenvalue weighted by atomic mass is 35.5. The van der Waals surface area contributed by atoms with Crippen LogP contribution in [0.4, 0.5) is 0 Å². The summed E-state index contributed by atoms with van der Waals surface area (Å²) in [6.07, 6.45) is 8.50. The molecule has 1 saturated carbocycles. The van der Waals surface area contributed by atoms with Gasteiger partial charge in [-0.1, -0.05) is 12.8 Å². The van der Waals surface area contributed by atoms with E-state index in [1.54, 1.807) is 0 Å². The van der Waals surface area contributed by atoms with Crippen molar-refractivity contribution in [3.05, 3.63) is 0 Å². The topological polar surface area (TPSA) is 3.24 Å². The molecule has 2 heteroatoms. The Balaban J connectivity index is 1.84. The van der Waals surface area contributed by atoms with E-state index in [1.165, 1.54) is 51.6 Å². The van der Waals surface area contributed by atoms with E-state index in [0.717, 1.165) is 17.8 Å². The Morgan fingerprint density at radius 1 is 1.08 bits per heavy atom. The summed E-state index contributed by atoms with van der Waals surface area (Å²) < 4.78 is 0. The van der Waals surface area contributed by atoms with Crippen molar-refractivity contribution in [2.75, 3.05) is 19.0 Å². The van der Waals surface area contributed by atoms with Crippen molar-refractivity contribution in [1.82, 2.24) is 4.90 Å². The van der Waals surface area contributed by atoms with Gasteiger partial charge < -0.3 is 4.90 Å². The predicted molar refractivity (Wildman–Crippen MR) is 57.3 cm³/mol. The molecular formula is C11H20ClN. The molecule has 1 unspecified atom stereocenters. The number of alkyl halides is 1. The molecule has 0 spiro atoms. The highest BCUT2D eigenvalue weighted by Crippen LogP contribution is 2.28. The van der Waals surface area contributed by atoms with Gasteiger partial charge in [-0.3, -0.25) is 0 Å². The van der Waals surface area contributed by atoms with Gasteiger partial charge in [0.15, 0.2) is 0 Å². The average molecular weight is 202 g/mol. The van der Waals surface area contributed by atoms with E-state index in [0.29, 0.717) is 0 Å². The summed E-state index contributed by atoms with van der Waals surface area (Å²) in [6.45, 7) is 2.60. The molecule has 0 aromatic carbocycles. The minimum atomic E-state index is 0.774. The minimum Gasteiger partial charge on any atom is -0.300 e. The zero-order valence-electron chi connectivity index (χ0n) is 8.34. The number of rotatable bonds is 2. The second kappa shape index (κ2) is 4.65. The first-order chi connectivity index (χ1) is 6.40. The largest absolute Gasteiger partial charge is 0.300 e. The molecule has 1 saturated heterocycles. The maximum Gasteiger partial charge on any atom is 0.0263 e. The highest BCUT2D eigenvalue weighted by Gasteiger charge is 2.27. The van der Waals surface area contributed by atoms with Gasteiger partial charge >= 0.3 is 0 Å². The van der Waals surface area contributed by atoms with Crippen molar-refractivity contribution >= 4 is 11.6 Å². The van der Waals surface area contributed by atoms with Crippen molar-refractivity contribution in [2.45, 2.75) is 44.6 Å². The van der Waals surface area contributed by atoms with E-state index in [1.807, 2.05) is 0 Å². The van der Waals surface area contributed by atoms with Gasteiger partial charge in [0.05, 0.1) is 0 Å². The second-order valence-corrected chi connectivity index (χ2v) is 4.90. The summed E-state index contributed by atoms with van der Waals surface area (Å²) in [5.74, 6) is 1.64. The van der Waals surface area contributed by atoms with E-state index < -0.39 is 0 Å². The Morgan fingerprint density at radius 2 is 1.85 bits per heavy atom. The zero-order chi connectivity index (χ0) is 9.10. The Hall–Kier alpha value is 0.250. The molecule has 2 fully saturated rings. The highest BCUT2D eigenvalue weighted by molar-refractivity contribution is 6.18. The number of piperidine rings is 1. The number of likely N-dealkylation sites (tertiary alicyclic amines) is 1. The predicted octanol–water partition coefficient (Wildman–Crippen LogP) is 2.88. The van der Waals surface area contributed by atoms with E-state index in [9.17, 15) is 0 Å². The summed E-state index contributed by atoms with van der Waals surface area (Å²) in [5, 5.41) is 0. The standard InChI is InChI=1S/C11H20ClN/c12-8-10-4-3-7-13(9-10)11-5-1-2-6-11/h10-11H,1-9H2. The van der Waals surface area contributed by atoms with Gasteiger partial charge in [0.2, 0.25) is 0 Å². The van der Waals surface area contributed by atoms with Gasteiger partial charge in [0.1, 0.15) is 0 Å². The lowest BCUT2D eigenvalue weighted by Crippen LogP contribution is -2.41. The summed E-state index contributed by atoms with van der Waals surface area (Å²) in [6, 6.07) is 0.908. The van der Waals surface area contributed by atoms with E-state index in [-0.39, 0.29) is 0 Å². The molecule has 1 aliphatic carbocycles. The van der Waals surface area contributed by atoms with Crippen molar-refractivity contribution < 1.29 is 0 Å². The normalized spacial score (nSPS) is 32.5. The molecule has 13 heavy (non-hydrogen) atoms. The van der Waals surface area contributed by atoms with E-state index in [4.69, 9.17) is 11.6 Å². The van der Waals surface area contributed by atoms with Crippen LogP contribution in [0.1, 0.15) is 38.5 Å². The molecule has 1 heterocycles. The quantitative estimate of drug-likeness (QED) is 0.622. The molecule has 0 N–H and O–H groups in total. The zero-order valence-corrected chi connectivity index (χ0v) is 9.10. The van der Waals surface area contributed by atoms with Crippen LogP contribution in [-0.4, -0.2) is 29.9 Å². The van der Waals surface area contributed by atoms with Gasteiger partial charge in [-0.2, -0.15) is 0 Å². The fourth-order valence-electron chi connectivity index (χ4n) is 2.82. The molecule has 1 nitrogen and oxygen atoms in total. The first-order valence-corrected chi connectivity index (χ1v) is 6.23. The first-order valence-electron chi connectivity index (χ1n) is 5.70. The minimum absolute atomic E-state index is 0.774. The van der Waals surface area contributed by atoms with Gasteiger partial charge in [-0.25, -0.2) is 0 Å². The average Bonchev–Trinajstić information content (AvgIpc) is 2.71. The second-order valence-electron chi connectivity index (χ2n) is 4.60. The Kier molecular flexibility index (Phi) is 3.51. The van der Waals surface area contributed by atoms with E-state index >= 15 is 0 Å². The molecule has 1 aliphatic heterocycles. The number of hydrogen-bond acceptors (Lipinski definition) is 1. The third-order valence-electron chi connectivity index (χ3n) is 3.61. The first kappa shape index (κ1) is 9.79. The SMILES string of the molecule is ClCC1CCCN(C2CCCC2)C1. The monoisotopic (exact) mass is 201 g/mol. The maximum absolute atomic E-state index is 5.93. The lowest BCUT2D eigenvalue weighted by Gasteiger charge is -2.36. The maximum atomic E-state index is 5.93. The summed E-state index contributed by atoms with van der Waals surface area (Å²) in [7, 11) is 0.